The van der Waals surface area contributed by atoms with E-state index in [4.69, 9.17) is 7.85 Å². The molecule has 0 N–H and O–H groups in total. The number of rotatable bonds is 2. The highest BCUT2D eigenvalue weighted by Gasteiger charge is 2.43. The Morgan fingerprint density at radius 1 is 1.25 bits per heavy atom. The van der Waals surface area contributed by atoms with Gasteiger partial charge < -0.3 is 4.79 Å². The molecule has 0 unspecified atom stereocenters. The number of aldehydes is 1. The molecule has 0 saturated heterocycles. The van der Waals surface area contributed by atoms with E-state index in [9.17, 15) is 4.79 Å². The predicted octanol–water partition coefficient (Wildman–Crippen LogP) is 0.711. The predicted molar refractivity (Wildman–Crippen MR) is 48.8 cm³/mol. The van der Waals surface area contributed by atoms with Gasteiger partial charge in [0.05, 0.1) is 5.41 Å². The second-order valence-electron chi connectivity index (χ2n) is 3.40. The lowest BCUT2D eigenvalue weighted by atomic mass is 9.91. The van der Waals surface area contributed by atoms with Crippen LogP contribution in [-0.4, -0.2) is 14.1 Å². The lowest BCUT2D eigenvalue weighted by Gasteiger charge is -2.06. The van der Waals surface area contributed by atoms with Crippen LogP contribution in [0.5, 0.6) is 0 Å². The molecule has 0 atom stereocenters. The summed E-state index contributed by atoms with van der Waals surface area (Å²) in [4.78, 5) is 10.7. The van der Waals surface area contributed by atoms with E-state index in [1.165, 1.54) is 0 Å². The molecular formula is C10H9BO. The molecule has 1 aliphatic carbocycles. The Balaban J connectivity index is 2.35. The Kier molecular flexibility index (Phi) is 1.57. The van der Waals surface area contributed by atoms with Crippen LogP contribution in [0.2, 0.25) is 0 Å². The zero-order valence-electron chi connectivity index (χ0n) is 6.79. The van der Waals surface area contributed by atoms with E-state index in [1.807, 2.05) is 24.3 Å². The van der Waals surface area contributed by atoms with E-state index >= 15 is 0 Å². The number of carbonyl (C=O) groups excluding carboxylic acids is 1. The minimum atomic E-state index is -0.159. The summed E-state index contributed by atoms with van der Waals surface area (Å²) in [5.41, 5.74) is 1.69. The quantitative estimate of drug-likeness (QED) is 0.455. The van der Waals surface area contributed by atoms with Gasteiger partial charge in [-0.15, -0.1) is 0 Å². The number of benzene rings is 1. The minimum Gasteiger partial charge on any atom is -0.302 e. The highest BCUT2D eigenvalue weighted by molar-refractivity contribution is 6.32. The van der Waals surface area contributed by atoms with E-state index in [0.717, 1.165) is 30.2 Å². The first kappa shape index (κ1) is 7.60. The molecule has 58 valence electrons. The fraction of sp³-hybridized carbons (Fsp3) is 0.300. The summed E-state index contributed by atoms with van der Waals surface area (Å²) in [7, 11) is 5.54. The topological polar surface area (TPSA) is 17.1 Å². The molecule has 1 aromatic carbocycles. The fourth-order valence-electron chi connectivity index (χ4n) is 1.42. The van der Waals surface area contributed by atoms with Crippen LogP contribution in [0.4, 0.5) is 0 Å². The van der Waals surface area contributed by atoms with Crippen molar-refractivity contribution < 1.29 is 4.79 Å². The van der Waals surface area contributed by atoms with Crippen molar-refractivity contribution in [2.24, 2.45) is 0 Å². The first-order chi connectivity index (χ1) is 5.77. The van der Waals surface area contributed by atoms with Gasteiger partial charge in [0.1, 0.15) is 14.1 Å². The van der Waals surface area contributed by atoms with Gasteiger partial charge in [0, 0.05) is 0 Å². The maximum absolute atomic E-state index is 10.7. The normalized spacial score (nSPS) is 18.7. The largest absolute Gasteiger partial charge is 0.302 e. The van der Waals surface area contributed by atoms with E-state index in [-0.39, 0.29) is 5.41 Å². The van der Waals surface area contributed by atoms with Gasteiger partial charge in [0.15, 0.2) is 0 Å². The lowest BCUT2D eigenvalue weighted by Crippen LogP contribution is -2.10. The Morgan fingerprint density at radius 2 is 1.83 bits per heavy atom. The van der Waals surface area contributed by atoms with Gasteiger partial charge in [-0.1, -0.05) is 29.7 Å². The Bertz CT molecular complexity index is 298. The van der Waals surface area contributed by atoms with Gasteiger partial charge in [-0.05, 0) is 18.4 Å². The molecule has 1 fully saturated rings. The zero-order chi connectivity index (χ0) is 8.60. The molecule has 0 aliphatic heterocycles. The molecule has 0 heterocycles. The van der Waals surface area contributed by atoms with Gasteiger partial charge in [-0.3, -0.25) is 0 Å². The van der Waals surface area contributed by atoms with Crippen LogP contribution in [0.15, 0.2) is 24.3 Å². The summed E-state index contributed by atoms with van der Waals surface area (Å²) >= 11 is 0. The van der Waals surface area contributed by atoms with Crippen molar-refractivity contribution in [3.05, 3.63) is 29.8 Å². The summed E-state index contributed by atoms with van der Waals surface area (Å²) in [6.45, 7) is 0. The molecule has 0 aromatic heterocycles. The van der Waals surface area contributed by atoms with Crippen LogP contribution in [0, 0.1) is 0 Å². The third-order valence-corrected chi connectivity index (χ3v) is 2.50. The first-order valence-corrected chi connectivity index (χ1v) is 4.09. The molecule has 2 rings (SSSR count). The molecule has 1 saturated carbocycles. The van der Waals surface area contributed by atoms with Crippen LogP contribution in [0.3, 0.4) is 0 Å². The molecular weight excluding hydrogens is 147 g/mol. The van der Waals surface area contributed by atoms with Crippen molar-refractivity contribution in [1.82, 2.24) is 0 Å². The van der Waals surface area contributed by atoms with Gasteiger partial charge in [0.25, 0.3) is 0 Å². The Hall–Kier alpha value is -1.05. The third-order valence-electron chi connectivity index (χ3n) is 2.50. The molecule has 1 aliphatic rings. The van der Waals surface area contributed by atoms with Crippen LogP contribution in [0.1, 0.15) is 18.4 Å². The van der Waals surface area contributed by atoms with Gasteiger partial charge >= 0.3 is 0 Å². The fourth-order valence-corrected chi connectivity index (χ4v) is 1.42. The highest BCUT2D eigenvalue weighted by atomic mass is 16.1. The maximum atomic E-state index is 10.7. The minimum absolute atomic E-state index is 0.159. The van der Waals surface area contributed by atoms with Gasteiger partial charge in [-0.2, -0.15) is 0 Å². The second-order valence-corrected chi connectivity index (χ2v) is 3.40. The molecule has 12 heavy (non-hydrogen) atoms. The average molecular weight is 156 g/mol. The summed E-state index contributed by atoms with van der Waals surface area (Å²) in [5, 5.41) is 0. The molecule has 0 bridgehead atoms. The Labute approximate surface area is 73.2 Å². The molecule has 0 spiro atoms. The van der Waals surface area contributed by atoms with Crippen molar-refractivity contribution >= 4 is 19.6 Å². The van der Waals surface area contributed by atoms with E-state index in [2.05, 4.69) is 0 Å². The second kappa shape index (κ2) is 2.48. The monoisotopic (exact) mass is 156 g/mol. The SMILES string of the molecule is [B]c1ccc(C2(C=O)CC2)cc1. The van der Waals surface area contributed by atoms with Crippen molar-refractivity contribution in [1.29, 1.82) is 0 Å². The summed E-state index contributed by atoms with van der Waals surface area (Å²) in [6.07, 6.45) is 3.03. The van der Waals surface area contributed by atoms with Crippen LogP contribution in [0.25, 0.3) is 0 Å². The maximum Gasteiger partial charge on any atom is 0.130 e. The molecule has 1 aromatic rings. The van der Waals surface area contributed by atoms with Crippen molar-refractivity contribution in [2.45, 2.75) is 18.3 Å². The van der Waals surface area contributed by atoms with Crippen LogP contribution < -0.4 is 5.46 Å². The van der Waals surface area contributed by atoms with Crippen molar-refractivity contribution in [2.75, 3.05) is 0 Å². The number of hydrogen-bond acceptors (Lipinski definition) is 1. The lowest BCUT2D eigenvalue weighted by molar-refractivity contribution is -0.109. The van der Waals surface area contributed by atoms with E-state index in [0.29, 0.717) is 0 Å². The smallest absolute Gasteiger partial charge is 0.130 e. The van der Waals surface area contributed by atoms with Crippen molar-refractivity contribution in [3.63, 3.8) is 0 Å². The molecule has 2 radical (unpaired) electrons. The van der Waals surface area contributed by atoms with Gasteiger partial charge in [-0.25, -0.2) is 0 Å². The summed E-state index contributed by atoms with van der Waals surface area (Å²) in [5.74, 6) is 0. The first-order valence-electron chi connectivity index (χ1n) is 4.09. The average Bonchev–Trinajstić information content (AvgIpc) is 2.86. The number of hydrogen-bond donors (Lipinski definition) is 0. The summed E-state index contributed by atoms with van der Waals surface area (Å²) in [6, 6.07) is 7.57. The molecule has 2 heteroatoms. The van der Waals surface area contributed by atoms with Gasteiger partial charge in [0.2, 0.25) is 0 Å². The Morgan fingerprint density at radius 3 is 2.25 bits per heavy atom. The molecule has 1 nitrogen and oxygen atoms in total. The zero-order valence-corrected chi connectivity index (χ0v) is 6.79. The van der Waals surface area contributed by atoms with E-state index < -0.39 is 0 Å². The third kappa shape index (κ3) is 1.08. The van der Waals surface area contributed by atoms with Crippen LogP contribution >= 0.6 is 0 Å². The summed E-state index contributed by atoms with van der Waals surface area (Å²) < 4.78 is 0. The number of carbonyl (C=O) groups is 1. The van der Waals surface area contributed by atoms with Crippen LogP contribution in [-0.2, 0) is 10.2 Å². The van der Waals surface area contributed by atoms with Crippen molar-refractivity contribution in [3.8, 4) is 0 Å². The van der Waals surface area contributed by atoms with E-state index in [1.54, 1.807) is 0 Å². The standard InChI is InChI=1S/C10H9BO/c11-9-3-1-8(2-4-9)10(7-12)5-6-10/h1-4,7H,5-6H2. The highest BCUT2D eigenvalue weighted by Crippen LogP contribution is 2.45. The molecule has 0 amide bonds.